The van der Waals surface area contributed by atoms with Gasteiger partial charge in [-0.15, -0.1) is 10.2 Å². The number of hydrogen-bond acceptors (Lipinski definition) is 5. The van der Waals surface area contributed by atoms with Crippen molar-refractivity contribution in [3.8, 4) is 0 Å². The minimum Gasteiger partial charge on any atom is -0.351 e. The molecular formula is C18H25N5OS. The van der Waals surface area contributed by atoms with Crippen LogP contribution >= 0.6 is 11.8 Å². The van der Waals surface area contributed by atoms with Crippen LogP contribution in [0.1, 0.15) is 35.7 Å². The Bertz CT molecular complexity index is 724. The molecule has 1 unspecified atom stereocenters. The molecule has 1 saturated heterocycles. The van der Waals surface area contributed by atoms with Crippen molar-refractivity contribution >= 4 is 17.7 Å². The van der Waals surface area contributed by atoms with Crippen LogP contribution in [0.2, 0.25) is 0 Å². The van der Waals surface area contributed by atoms with Gasteiger partial charge in [0.1, 0.15) is 5.82 Å². The zero-order chi connectivity index (χ0) is 17.6. The van der Waals surface area contributed by atoms with Crippen LogP contribution in [-0.2, 0) is 18.4 Å². The predicted molar refractivity (Wildman–Crippen MR) is 99.6 cm³/mol. The van der Waals surface area contributed by atoms with Gasteiger partial charge in [-0.05, 0) is 37.4 Å². The molecule has 2 N–H and O–H groups in total. The summed E-state index contributed by atoms with van der Waals surface area (Å²) in [7, 11) is 1.98. The van der Waals surface area contributed by atoms with Gasteiger partial charge in [0.05, 0.1) is 5.75 Å². The molecule has 7 heteroatoms. The van der Waals surface area contributed by atoms with Crippen LogP contribution in [0.4, 0.5) is 0 Å². The molecule has 3 rings (SSSR count). The molecule has 1 fully saturated rings. The summed E-state index contributed by atoms with van der Waals surface area (Å²) in [4.78, 5) is 12.1. The van der Waals surface area contributed by atoms with Crippen molar-refractivity contribution in [3.05, 3.63) is 41.2 Å². The first-order valence-corrected chi connectivity index (χ1v) is 9.67. The summed E-state index contributed by atoms with van der Waals surface area (Å²) in [6.07, 6.45) is 2.31. The van der Waals surface area contributed by atoms with Gasteiger partial charge in [0.25, 0.3) is 0 Å². The number of hydrogen-bond donors (Lipinski definition) is 2. The van der Waals surface area contributed by atoms with E-state index in [1.54, 1.807) is 0 Å². The van der Waals surface area contributed by atoms with E-state index in [2.05, 4.69) is 33.8 Å². The minimum absolute atomic E-state index is 0.0112. The largest absolute Gasteiger partial charge is 0.351 e. The van der Waals surface area contributed by atoms with Crippen LogP contribution in [0.5, 0.6) is 0 Å². The number of rotatable bonds is 6. The van der Waals surface area contributed by atoms with E-state index < -0.39 is 0 Å². The van der Waals surface area contributed by atoms with Crippen LogP contribution < -0.4 is 10.6 Å². The predicted octanol–water partition coefficient (Wildman–Crippen LogP) is 2.00. The molecule has 6 nitrogen and oxygen atoms in total. The summed E-state index contributed by atoms with van der Waals surface area (Å²) in [6, 6.07) is 8.09. The van der Waals surface area contributed by atoms with Crippen molar-refractivity contribution in [2.45, 2.75) is 37.4 Å². The van der Waals surface area contributed by atoms with Gasteiger partial charge < -0.3 is 15.2 Å². The maximum absolute atomic E-state index is 12.1. The summed E-state index contributed by atoms with van der Waals surface area (Å²) in [6.45, 7) is 4.64. The Morgan fingerprint density at radius 2 is 2.24 bits per heavy atom. The summed E-state index contributed by atoms with van der Waals surface area (Å²) in [5.41, 5.74) is 2.33. The molecule has 0 radical (unpaired) electrons. The third-order valence-corrected chi connectivity index (χ3v) is 5.62. The number of aryl methyl sites for hydroxylation is 1. The number of amides is 1. The number of carbonyl (C=O) groups excluding carboxylic acids is 1. The quantitative estimate of drug-likeness (QED) is 0.772. The monoisotopic (exact) mass is 359 g/mol. The summed E-state index contributed by atoms with van der Waals surface area (Å²) >= 11 is 1.44. The molecule has 2 aromatic rings. The van der Waals surface area contributed by atoms with Crippen LogP contribution in [0.15, 0.2) is 29.4 Å². The molecule has 1 aromatic heterocycles. The zero-order valence-corrected chi connectivity index (χ0v) is 15.6. The first-order chi connectivity index (χ1) is 12.1. The molecule has 2 heterocycles. The Balaban J connectivity index is 1.50. The Labute approximate surface area is 152 Å². The van der Waals surface area contributed by atoms with E-state index in [9.17, 15) is 4.79 Å². The van der Waals surface area contributed by atoms with Gasteiger partial charge >= 0.3 is 0 Å². The molecule has 1 aromatic carbocycles. The number of nitrogens with one attached hydrogen (secondary N) is 2. The number of piperidine rings is 1. The van der Waals surface area contributed by atoms with Gasteiger partial charge in [-0.3, -0.25) is 4.79 Å². The molecule has 0 bridgehead atoms. The molecule has 1 amide bonds. The number of thioether (sulfide) groups is 1. The molecule has 0 spiro atoms. The standard InChI is InChI=1S/C18H25N5OS/c1-13-6-3-4-7-14(13)11-20-16(24)12-25-18-22-21-17(23(18)2)15-8-5-9-19-10-15/h3-4,6-7,15,19H,5,8-12H2,1-2H3,(H,20,24). The van der Waals surface area contributed by atoms with Crippen molar-refractivity contribution in [2.24, 2.45) is 7.05 Å². The number of benzene rings is 1. The lowest BCUT2D eigenvalue weighted by Crippen LogP contribution is -2.29. The van der Waals surface area contributed by atoms with Crippen LogP contribution in [0, 0.1) is 6.92 Å². The maximum atomic E-state index is 12.1. The smallest absolute Gasteiger partial charge is 0.230 e. The van der Waals surface area contributed by atoms with Crippen LogP contribution in [-0.4, -0.2) is 39.5 Å². The SMILES string of the molecule is Cc1ccccc1CNC(=O)CSc1nnc(C2CCCNC2)n1C. The van der Waals surface area contributed by atoms with Crippen LogP contribution in [0.25, 0.3) is 0 Å². The Hall–Kier alpha value is -1.86. The number of nitrogens with zero attached hydrogens (tertiary/aromatic N) is 3. The fraction of sp³-hybridized carbons (Fsp3) is 0.500. The van der Waals surface area contributed by atoms with E-state index >= 15 is 0 Å². The van der Waals surface area contributed by atoms with Crippen molar-refractivity contribution in [3.63, 3.8) is 0 Å². The van der Waals surface area contributed by atoms with Crippen molar-refractivity contribution in [1.29, 1.82) is 0 Å². The van der Waals surface area contributed by atoms with E-state index in [0.29, 0.717) is 18.2 Å². The highest BCUT2D eigenvalue weighted by Gasteiger charge is 2.22. The first-order valence-electron chi connectivity index (χ1n) is 8.69. The average Bonchev–Trinajstić information content (AvgIpc) is 3.00. The van der Waals surface area contributed by atoms with Gasteiger partial charge in [-0.2, -0.15) is 0 Å². The Morgan fingerprint density at radius 3 is 3.00 bits per heavy atom. The van der Waals surface area contributed by atoms with Crippen molar-refractivity contribution < 1.29 is 4.79 Å². The molecule has 0 aliphatic carbocycles. The van der Waals surface area contributed by atoms with E-state index in [0.717, 1.165) is 36.1 Å². The molecule has 1 aliphatic rings. The van der Waals surface area contributed by atoms with E-state index in [1.165, 1.54) is 23.7 Å². The summed E-state index contributed by atoms with van der Waals surface area (Å²) < 4.78 is 2.02. The van der Waals surface area contributed by atoms with Gasteiger partial charge in [0, 0.05) is 26.1 Å². The van der Waals surface area contributed by atoms with Gasteiger partial charge in [0.2, 0.25) is 5.91 Å². The van der Waals surface area contributed by atoms with Gasteiger partial charge in [-0.1, -0.05) is 36.0 Å². The van der Waals surface area contributed by atoms with E-state index in [4.69, 9.17) is 0 Å². The lowest BCUT2D eigenvalue weighted by atomic mass is 9.99. The molecular weight excluding hydrogens is 334 g/mol. The third-order valence-electron chi connectivity index (χ3n) is 4.60. The second kappa shape index (κ2) is 8.49. The van der Waals surface area contributed by atoms with Gasteiger partial charge in [0.15, 0.2) is 5.16 Å². The Kier molecular flexibility index (Phi) is 6.09. The second-order valence-corrected chi connectivity index (χ2v) is 7.38. The lowest BCUT2D eigenvalue weighted by molar-refractivity contribution is -0.118. The highest BCUT2D eigenvalue weighted by Crippen LogP contribution is 2.24. The van der Waals surface area contributed by atoms with Crippen LogP contribution in [0.3, 0.4) is 0 Å². The summed E-state index contributed by atoms with van der Waals surface area (Å²) in [5, 5.41) is 15.8. The topological polar surface area (TPSA) is 71.8 Å². The van der Waals surface area contributed by atoms with E-state index in [1.807, 2.05) is 29.8 Å². The third kappa shape index (κ3) is 4.61. The van der Waals surface area contributed by atoms with Crippen molar-refractivity contribution in [1.82, 2.24) is 25.4 Å². The minimum atomic E-state index is 0.0112. The second-order valence-electron chi connectivity index (χ2n) is 6.43. The normalized spacial score (nSPS) is 17.4. The number of aromatic nitrogens is 3. The molecule has 25 heavy (non-hydrogen) atoms. The molecule has 1 aliphatic heterocycles. The molecule has 1 atom stereocenters. The van der Waals surface area contributed by atoms with Crippen molar-refractivity contribution in [2.75, 3.05) is 18.8 Å². The number of carbonyl (C=O) groups is 1. The summed E-state index contributed by atoms with van der Waals surface area (Å²) in [5.74, 6) is 1.78. The first kappa shape index (κ1) is 17.9. The Morgan fingerprint density at radius 1 is 1.40 bits per heavy atom. The van der Waals surface area contributed by atoms with Gasteiger partial charge in [-0.25, -0.2) is 0 Å². The molecule has 0 saturated carbocycles. The maximum Gasteiger partial charge on any atom is 0.230 e. The fourth-order valence-electron chi connectivity index (χ4n) is 3.06. The highest BCUT2D eigenvalue weighted by atomic mass is 32.2. The molecule has 134 valence electrons. The lowest BCUT2D eigenvalue weighted by Gasteiger charge is -2.21. The fourth-order valence-corrected chi connectivity index (χ4v) is 3.81. The van der Waals surface area contributed by atoms with E-state index in [-0.39, 0.29) is 5.91 Å². The highest BCUT2D eigenvalue weighted by molar-refractivity contribution is 7.99. The average molecular weight is 359 g/mol. The zero-order valence-electron chi connectivity index (χ0n) is 14.8.